The second kappa shape index (κ2) is 5.31. The minimum atomic E-state index is -0.114. The molecule has 0 bridgehead atoms. The summed E-state index contributed by atoms with van der Waals surface area (Å²) >= 11 is 0. The summed E-state index contributed by atoms with van der Waals surface area (Å²) in [6.07, 6.45) is 1.60. The summed E-state index contributed by atoms with van der Waals surface area (Å²) in [6, 6.07) is 0. The van der Waals surface area contributed by atoms with E-state index in [0.717, 1.165) is 0 Å². The normalized spacial score (nSPS) is 8.56. The summed E-state index contributed by atoms with van der Waals surface area (Å²) in [6.45, 7) is 3.96. The summed E-state index contributed by atoms with van der Waals surface area (Å²) < 4.78 is 4.81. The Balaban J connectivity index is 3.06. The summed E-state index contributed by atoms with van der Waals surface area (Å²) in [5.74, 6) is -0.114. The number of nitrogens with one attached hydrogen (secondary N) is 1. The van der Waals surface area contributed by atoms with Crippen LogP contribution in [0.25, 0.3) is 0 Å². The number of carbonyl (C=O) groups excluding carboxylic acids is 1. The maximum absolute atomic E-state index is 10.4. The van der Waals surface area contributed by atoms with Gasteiger partial charge in [-0.05, 0) is 0 Å². The number of hydrogen-bond donors (Lipinski definition) is 1. The van der Waals surface area contributed by atoms with Gasteiger partial charge in [-0.2, -0.15) is 0 Å². The van der Waals surface area contributed by atoms with Gasteiger partial charge in [-0.15, -0.1) is 6.58 Å². The van der Waals surface area contributed by atoms with Gasteiger partial charge in [0.1, 0.15) is 6.61 Å². The Labute approximate surface area is 54.7 Å². The van der Waals surface area contributed by atoms with Crippen molar-refractivity contribution in [1.82, 2.24) is 5.32 Å². The SMILES string of the molecule is C=CCOCC(=O)NC. The van der Waals surface area contributed by atoms with Gasteiger partial charge in [-0.25, -0.2) is 0 Å². The first-order valence-corrected chi connectivity index (χ1v) is 2.70. The Morgan fingerprint density at radius 2 is 2.56 bits per heavy atom. The Hall–Kier alpha value is -0.830. The molecule has 0 aromatic carbocycles. The van der Waals surface area contributed by atoms with Crippen LogP contribution in [-0.4, -0.2) is 26.2 Å². The summed E-state index contributed by atoms with van der Waals surface area (Å²) in [5, 5.41) is 2.43. The van der Waals surface area contributed by atoms with Gasteiger partial charge in [0, 0.05) is 7.05 Å². The third-order valence-corrected chi connectivity index (χ3v) is 0.748. The minimum absolute atomic E-state index is 0.114. The van der Waals surface area contributed by atoms with Crippen LogP contribution in [0, 0.1) is 0 Å². The molecule has 9 heavy (non-hydrogen) atoms. The summed E-state index contributed by atoms with van der Waals surface area (Å²) in [5.41, 5.74) is 0. The molecule has 0 spiro atoms. The largest absolute Gasteiger partial charge is 0.368 e. The Bertz CT molecular complexity index is 101. The quantitative estimate of drug-likeness (QED) is 0.426. The van der Waals surface area contributed by atoms with Crippen LogP contribution in [0.15, 0.2) is 12.7 Å². The van der Waals surface area contributed by atoms with Crippen molar-refractivity contribution in [3.8, 4) is 0 Å². The van der Waals surface area contributed by atoms with Crippen molar-refractivity contribution in [2.75, 3.05) is 20.3 Å². The van der Waals surface area contributed by atoms with E-state index >= 15 is 0 Å². The molecule has 52 valence electrons. The van der Waals surface area contributed by atoms with E-state index in [1.165, 1.54) is 0 Å². The summed E-state index contributed by atoms with van der Waals surface area (Å²) in [7, 11) is 1.57. The van der Waals surface area contributed by atoms with Gasteiger partial charge in [0.05, 0.1) is 6.61 Å². The molecular formula is C6H11NO2. The van der Waals surface area contributed by atoms with E-state index in [9.17, 15) is 4.79 Å². The molecule has 0 heterocycles. The number of rotatable bonds is 4. The number of ether oxygens (including phenoxy) is 1. The molecular weight excluding hydrogens is 118 g/mol. The molecule has 0 radical (unpaired) electrons. The molecule has 0 atom stereocenters. The molecule has 0 unspecified atom stereocenters. The average Bonchev–Trinajstić information content (AvgIpc) is 1.89. The molecule has 0 aromatic rings. The molecule has 3 heteroatoms. The lowest BCUT2D eigenvalue weighted by Gasteiger charge is -1.97. The van der Waals surface area contributed by atoms with Crippen LogP contribution in [0.4, 0.5) is 0 Å². The van der Waals surface area contributed by atoms with Crippen molar-refractivity contribution in [3.05, 3.63) is 12.7 Å². The molecule has 1 N–H and O–H groups in total. The standard InChI is InChI=1S/C6H11NO2/c1-3-4-9-5-6(8)7-2/h3H,1,4-5H2,2H3,(H,7,8). The van der Waals surface area contributed by atoms with Crippen molar-refractivity contribution in [2.45, 2.75) is 0 Å². The van der Waals surface area contributed by atoms with Gasteiger partial charge >= 0.3 is 0 Å². The lowest BCUT2D eigenvalue weighted by molar-refractivity contribution is -0.124. The molecule has 0 saturated heterocycles. The monoisotopic (exact) mass is 129 g/mol. The zero-order valence-corrected chi connectivity index (χ0v) is 5.52. The predicted octanol–water partition coefficient (Wildman–Crippen LogP) is -0.0650. The Kier molecular flexibility index (Phi) is 4.82. The van der Waals surface area contributed by atoms with Gasteiger partial charge in [-0.1, -0.05) is 6.08 Å². The fourth-order valence-corrected chi connectivity index (χ4v) is 0.307. The van der Waals surface area contributed by atoms with Crippen LogP contribution >= 0.6 is 0 Å². The van der Waals surface area contributed by atoms with Gasteiger partial charge in [0.25, 0.3) is 0 Å². The highest BCUT2D eigenvalue weighted by molar-refractivity contribution is 5.76. The lowest BCUT2D eigenvalue weighted by atomic mass is 10.6. The van der Waals surface area contributed by atoms with E-state index in [1.807, 2.05) is 0 Å². The second-order valence-corrected chi connectivity index (χ2v) is 1.48. The molecule has 0 aromatic heterocycles. The van der Waals surface area contributed by atoms with Gasteiger partial charge in [0.2, 0.25) is 5.91 Å². The van der Waals surface area contributed by atoms with Crippen LogP contribution in [0.3, 0.4) is 0 Å². The van der Waals surface area contributed by atoms with Crippen LogP contribution in [0.5, 0.6) is 0 Å². The first kappa shape index (κ1) is 8.17. The van der Waals surface area contributed by atoms with Crippen molar-refractivity contribution in [3.63, 3.8) is 0 Å². The maximum atomic E-state index is 10.4. The van der Waals surface area contributed by atoms with E-state index in [-0.39, 0.29) is 12.5 Å². The molecule has 0 aliphatic rings. The first-order chi connectivity index (χ1) is 4.31. The van der Waals surface area contributed by atoms with Crippen molar-refractivity contribution >= 4 is 5.91 Å². The van der Waals surface area contributed by atoms with Crippen LogP contribution in [-0.2, 0) is 9.53 Å². The van der Waals surface area contributed by atoms with Crippen molar-refractivity contribution in [1.29, 1.82) is 0 Å². The summed E-state index contributed by atoms with van der Waals surface area (Å²) in [4.78, 5) is 10.4. The van der Waals surface area contributed by atoms with Gasteiger partial charge in [-0.3, -0.25) is 4.79 Å². The zero-order chi connectivity index (χ0) is 7.11. The second-order valence-electron chi connectivity index (χ2n) is 1.48. The average molecular weight is 129 g/mol. The topological polar surface area (TPSA) is 38.3 Å². The number of likely N-dealkylation sites (N-methyl/N-ethyl adjacent to an activating group) is 1. The lowest BCUT2D eigenvalue weighted by Crippen LogP contribution is -2.23. The van der Waals surface area contributed by atoms with Crippen LogP contribution in [0.1, 0.15) is 0 Å². The van der Waals surface area contributed by atoms with Crippen LogP contribution in [0.2, 0.25) is 0 Å². The first-order valence-electron chi connectivity index (χ1n) is 2.70. The molecule has 0 fully saturated rings. The van der Waals surface area contributed by atoms with E-state index in [0.29, 0.717) is 6.61 Å². The van der Waals surface area contributed by atoms with Gasteiger partial charge in [0.15, 0.2) is 0 Å². The maximum Gasteiger partial charge on any atom is 0.245 e. The highest BCUT2D eigenvalue weighted by Gasteiger charge is 1.93. The smallest absolute Gasteiger partial charge is 0.245 e. The fourth-order valence-electron chi connectivity index (χ4n) is 0.307. The van der Waals surface area contributed by atoms with E-state index in [1.54, 1.807) is 13.1 Å². The van der Waals surface area contributed by atoms with Crippen LogP contribution < -0.4 is 5.32 Å². The fraction of sp³-hybridized carbons (Fsp3) is 0.500. The van der Waals surface area contributed by atoms with E-state index in [2.05, 4.69) is 11.9 Å². The van der Waals surface area contributed by atoms with E-state index < -0.39 is 0 Å². The van der Waals surface area contributed by atoms with Crippen molar-refractivity contribution in [2.24, 2.45) is 0 Å². The third-order valence-electron chi connectivity index (χ3n) is 0.748. The molecule has 0 aliphatic carbocycles. The predicted molar refractivity (Wildman–Crippen MR) is 35.1 cm³/mol. The molecule has 0 aliphatic heterocycles. The number of amides is 1. The van der Waals surface area contributed by atoms with Crippen molar-refractivity contribution < 1.29 is 9.53 Å². The Morgan fingerprint density at radius 1 is 1.89 bits per heavy atom. The molecule has 1 amide bonds. The molecule has 0 saturated carbocycles. The molecule has 0 rings (SSSR count). The number of hydrogen-bond acceptors (Lipinski definition) is 2. The zero-order valence-electron chi connectivity index (χ0n) is 5.52. The number of carbonyl (C=O) groups is 1. The molecule has 3 nitrogen and oxygen atoms in total. The highest BCUT2D eigenvalue weighted by atomic mass is 16.5. The van der Waals surface area contributed by atoms with Gasteiger partial charge < -0.3 is 10.1 Å². The third kappa shape index (κ3) is 5.03. The minimum Gasteiger partial charge on any atom is -0.368 e. The Morgan fingerprint density at radius 3 is 3.00 bits per heavy atom. The highest BCUT2D eigenvalue weighted by Crippen LogP contribution is 1.73. The van der Waals surface area contributed by atoms with E-state index in [4.69, 9.17) is 4.74 Å².